The molecule has 2 aromatic rings. The molecular formula is C21H24ClN3O3. The molecule has 7 heteroatoms. The molecule has 2 aromatic carbocycles. The van der Waals surface area contributed by atoms with Crippen molar-refractivity contribution in [3.63, 3.8) is 0 Å². The van der Waals surface area contributed by atoms with Crippen molar-refractivity contribution in [3.05, 3.63) is 64.7 Å². The Bertz CT molecular complexity index is 839. The molecule has 3 rings (SSSR count). The van der Waals surface area contributed by atoms with Gasteiger partial charge in [-0.25, -0.2) is 0 Å². The number of likely N-dealkylation sites (tertiary alicyclic amines) is 1. The van der Waals surface area contributed by atoms with E-state index in [0.717, 1.165) is 5.56 Å². The quantitative estimate of drug-likeness (QED) is 0.692. The molecular weight excluding hydrogens is 378 g/mol. The number of aromatic hydroxyl groups is 1. The van der Waals surface area contributed by atoms with E-state index >= 15 is 0 Å². The zero-order valence-electron chi connectivity index (χ0n) is 15.6. The van der Waals surface area contributed by atoms with Gasteiger partial charge in [0.15, 0.2) is 0 Å². The normalized spacial score (nSPS) is 20.6. The van der Waals surface area contributed by atoms with E-state index < -0.39 is 18.0 Å². The highest BCUT2D eigenvalue weighted by molar-refractivity contribution is 6.30. The maximum absolute atomic E-state index is 12.7. The minimum atomic E-state index is -0.515. The molecule has 6 nitrogen and oxygen atoms in total. The smallest absolute Gasteiger partial charge is 0.237 e. The predicted octanol–water partition coefficient (Wildman–Crippen LogP) is 2.39. The topological polar surface area (TPSA) is 95.7 Å². The fraction of sp³-hybridized carbons (Fsp3) is 0.333. The molecule has 148 valence electrons. The van der Waals surface area contributed by atoms with Crippen LogP contribution in [-0.4, -0.2) is 40.4 Å². The Labute approximate surface area is 169 Å². The van der Waals surface area contributed by atoms with Crippen LogP contribution < -0.4 is 11.1 Å². The Kier molecular flexibility index (Phi) is 6.21. The van der Waals surface area contributed by atoms with Crippen molar-refractivity contribution >= 4 is 23.4 Å². The average Bonchev–Trinajstić information content (AvgIpc) is 3.11. The summed E-state index contributed by atoms with van der Waals surface area (Å²) in [6, 6.07) is 13.6. The lowest BCUT2D eigenvalue weighted by Crippen LogP contribution is -2.51. The Balaban J connectivity index is 1.67. The molecule has 2 unspecified atom stereocenters. The molecule has 0 radical (unpaired) electrons. The second-order valence-corrected chi connectivity index (χ2v) is 7.61. The highest BCUT2D eigenvalue weighted by Crippen LogP contribution is 2.33. The lowest BCUT2D eigenvalue weighted by molar-refractivity contribution is -0.129. The first-order valence-corrected chi connectivity index (χ1v) is 9.59. The number of hydrogen-bond donors (Lipinski definition) is 3. The van der Waals surface area contributed by atoms with E-state index in [1.807, 2.05) is 35.2 Å². The minimum Gasteiger partial charge on any atom is -0.508 e. The van der Waals surface area contributed by atoms with Crippen molar-refractivity contribution in [1.82, 2.24) is 10.2 Å². The monoisotopic (exact) mass is 401 g/mol. The standard InChI is InChI=1S/C21H24ClN3O3/c1-13(21(28)24-11-14-7-17(22)10-18(26)8-14)25-12-16(9-19(25)20(23)27)15-5-3-2-4-6-15/h2-8,10,13,16,19,26H,9,11-12H2,1H3,(H2,23,27)(H,24,28)/t13-,16?,19?/m0/s1. The fourth-order valence-corrected chi connectivity index (χ4v) is 4.01. The lowest BCUT2D eigenvalue weighted by Gasteiger charge is -2.28. The van der Waals surface area contributed by atoms with Gasteiger partial charge in [-0.15, -0.1) is 0 Å². The van der Waals surface area contributed by atoms with Crippen LogP contribution in [0.15, 0.2) is 48.5 Å². The summed E-state index contributed by atoms with van der Waals surface area (Å²) in [7, 11) is 0. The summed E-state index contributed by atoms with van der Waals surface area (Å²) in [6.45, 7) is 2.59. The first-order chi connectivity index (χ1) is 13.3. The van der Waals surface area contributed by atoms with Gasteiger partial charge >= 0.3 is 0 Å². The van der Waals surface area contributed by atoms with E-state index in [0.29, 0.717) is 23.6 Å². The minimum absolute atomic E-state index is 0.0452. The van der Waals surface area contributed by atoms with Crippen LogP contribution in [-0.2, 0) is 16.1 Å². The van der Waals surface area contributed by atoms with Crippen LogP contribution in [0.4, 0.5) is 0 Å². The number of phenols is 1. The third kappa shape index (κ3) is 4.64. The molecule has 3 atom stereocenters. The van der Waals surface area contributed by atoms with Gasteiger partial charge in [0.1, 0.15) is 5.75 Å². The van der Waals surface area contributed by atoms with Crippen molar-refractivity contribution in [1.29, 1.82) is 0 Å². The van der Waals surface area contributed by atoms with E-state index in [2.05, 4.69) is 5.32 Å². The van der Waals surface area contributed by atoms with Crippen molar-refractivity contribution in [2.75, 3.05) is 6.54 Å². The number of primary amides is 1. The van der Waals surface area contributed by atoms with Crippen LogP contribution in [0.25, 0.3) is 0 Å². The van der Waals surface area contributed by atoms with Crippen molar-refractivity contribution in [3.8, 4) is 5.75 Å². The summed E-state index contributed by atoms with van der Waals surface area (Å²) in [4.78, 5) is 26.5. The van der Waals surface area contributed by atoms with E-state index in [1.54, 1.807) is 19.1 Å². The van der Waals surface area contributed by atoms with Gasteiger partial charge in [-0.2, -0.15) is 0 Å². The fourth-order valence-electron chi connectivity index (χ4n) is 3.76. The molecule has 0 bridgehead atoms. The van der Waals surface area contributed by atoms with Crippen molar-refractivity contribution in [2.24, 2.45) is 5.73 Å². The zero-order valence-corrected chi connectivity index (χ0v) is 16.4. The molecule has 1 heterocycles. The maximum atomic E-state index is 12.7. The van der Waals surface area contributed by atoms with Gasteiger partial charge in [-0.05, 0) is 48.6 Å². The van der Waals surface area contributed by atoms with Gasteiger partial charge in [0.05, 0.1) is 12.1 Å². The molecule has 1 fully saturated rings. The van der Waals surface area contributed by atoms with Crippen LogP contribution in [0.5, 0.6) is 5.75 Å². The van der Waals surface area contributed by atoms with Crippen molar-refractivity contribution in [2.45, 2.75) is 37.9 Å². The number of phenolic OH excluding ortho intramolecular Hbond substituents is 1. The summed E-state index contributed by atoms with van der Waals surface area (Å²) in [5.41, 5.74) is 7.44. The molecule has 2 amide bonds. The Morgan fingerprint density at radius 3 is 2.64 bits per heavy atom. The number of nitrogens with zero attached hydrogens (tertiary/aromatic N) is 1. The van der Waals surface area contributed by atoms with Crippen molar-refractivity contribution < 1.29 is 14.7 Å². The average molecular weight is 402 g/mol. The van der Waals surface area contributed by atoms with E-state index in [1.165, 1.54) is 6.07 Å². The van der Waals surface area contributed by atoms with Gasteiger partial charge in [0.25, 0.3) is 0 Å². The molecule has 1 saturated heterocycles. The number of carbonyl (C=O) groups excluding carboxylic acids is 2. The third-order valence-electron chi connectivity index (χ3n) is 5.22. The highest BCUT2D eigenvalue weighted by Gasteiger charge is 2.40. The Morgan fingerprint density at radius 2 is 2.00 bits per heavy atom. The summed E-state index contributed by atoms with van der Waals surface area (Å²) in [5.74, 6) is -0.431. The van der Waals surface area contributed by atoms with Gasteiger partial charge in [0.2, 0.25) is 11.8 Å². The lowest BCUT2D eigenvalue weighted by atomic mass is 9.96. The number of rotatable bonds is 6. The summed E-state index contributed by atoms with van der Waals surface area (Å²) in [6.07, 6.45) is 0.596. The summed E-state index contributed by atoms with van der Waals surface area (Å²) in [5, 5.41) is 12.9. The third-order valence-corrected chi connectivity index (χ3v) is 5.44. The molecule has 4 N–H and O–H groups in total. The second kappa shape index (κ2) is 8.63. The number of nitrogens with one attached hydrogen (secondary N) is 1. The van der Waals surface area contributed by atoms with Gasteiger partial charge < -0.3 is 16.2 Å². The molecule has 0 aliphatic carbocycles. The van der Waals surface area contributed by atoms with E-state index in [-0.39, 0.29) is 24.1 Å². The number of amides is 2. The van der Waals surface area contributed by atoms with Crippen LogP contribution >= 0.6 is 11.6 Å². The van der Waals surface area contributed by atoms with Crippen LogP contribution in [0, 0.1) is 0 Å². The van der Waals surface area contributed by atoms with Gasteiger partial charge in [-0.1, -0.05) is 41.9 Å². The van der Waals surface area contributed by atoms with Gasteiger partial charge in [-0.3, -0.25) is 14.5 Å². The predicted molar refractivity (Wildman–Crippen MR) is 108 cm³/mol. The Morgan fingerprint density at radius 1 is 1.29 bits per heavy atom. The van der Waals surface area contributed by atoms with Crippen LogP contribution in [0.2, 0.25) is 5.02 Å². The summed E-state index contributed by atoms with van der Waals surface area (Å²) < 4.78 is 0. The number of nitrogens with two attached hydrogens (primary N) is 1. The van der Waals surface area contributed by atoms with Crippen LogP contribution in [0.1, 0.15) is 30.4 Å². The maximum Gasteiger partial charge on any atom is 0.237 e. The second-order valence-electron chi connectivity index (χ2n) is 7.17. The van der Waals surface area contributed by atoms with E-state index in [9.17, 15) is 14.7 Å². The summed E-state index contributed by atoms with van der Waals surface area (Å²) >= 11 is 5.93. The highest BCUT2D eigenvalue weighted by atomic mass is 35.5. The number of hydrogen-bond acceptors (Lipinski definition) is 4. The molecule has 1 aliphatic rings. The Hall–Kier alpha value is -2.57. The van der Waals surface area contributed by atoms with Crippen LogP contribution in [0.3, 0.4) is 0 Å². The number of carbonyl (C=O) groups is 2. The SMILES string of the molecule is C[C@@H](C(=O)NCc1cc(O)cc(Cl)c1)N1CC(c2ccccc2)CC1C(N)=O. The molecule has 0 aromatic heterocycles. The van der Waals surface area contributed by atoms with Gasteiger partial charge in [0, 0.05) is 18.1 Å². The molecule has 0 spiro atoms. The first-order valence-electron chi connectivity index (χ1n) is 9.21. The molecule has 0 saturated carbocycles. The first kappa shape index (κ1) is 20.2. The largest absolute Gasteiger partial charge is 0.508 e. The van der Waals surface area contributed by atoms with E-state index in [4.69, 9.17) is 17.3 Å². The molecule has 28 heavy (non-hydrogen) atoms. The number of benzene rings is 2. The molecule has 1 aliphatic heterocycles. The number of halogens is 1. The zero-order chi connectivity index (χ0) is 20.3.